The van der Waals surface area contributed by atoms with Crippen LogP contribution < -0.4 is 5.32 Å². The van der Waals surface area contributed by atoms with E-state index in [1.165, 1.54) is 26.4 Å². The van der Waals surface area contributed by atoms with Crippen molar-refractivity contribution in [3.05, 3.63) is 23.8 Å². The van der Waals surface area contributed by atoms with E-state index < -0.39 is 18.1 Å². The molecule has 6 heteroatoms. The average molecular weight is 410 g/mol. The van der Waals surface area contributed by atoms with Crippen LogP contribution in [0.2, 0.25) is 0 Å². The first kappa shape index (κ1) is 25.5. The number of ether oxygens (including phenoxy) is 2. The van der Waals surface area contributed by atoms with Gasteiger partial charge in [0.1, 0.15) is 0 Å². The SMILES string of the molecule is CCCCC[C@@H](C/C=C\CCC(=O)NC[C@@H](OC)[C@H]1C(=O)C(C)=CC[C@H]1O)OC. The van der Waals surface area contributed by atoms with Gasteiger partial charge in [-0.3, -0.25) is 9.59 Å². The number of amides is 1. The third kappa shape index (κ3) is 9.24. The molecule has 0 radical (unpaired) electrons. The fourth-order valence-corrected chi connectivity index (χ4v) is 3.59. The highest BCUT2D eigenvalue weighted by molar-refractivity contribution is 5.98. The molecule has 0 fully saturated rings. The summed E-state index contributed by atoms with van der Waals surface area (Å²) in [6.45, 7) is 4.15. The Morgan fingerprint density at radius 3 is 2.72 bits per heavy atom. The van der Waals surface area contributed by atoms with E-state index in [0.29, 0.717) is 24.8 Å². The number of aliphatic hydroxyl groups is 1. The summed E-state index contributed by atoms with van der Waals surface area (Å²) in [5, 5.41) is 13.0. The van der Waals surface area contributed by atoms with E-state index in [1.807, 2.05) is 6.08 Å². The third-order valence-electron chi connectivity index (χ3n) is 5.54. The molecule has 0 aromatic carbocycles. The van der Waals surface area contributed by atoms with Gasteiger partial charge < -0.3 is 19.9 Å². The van der Waals surface area contributed by atoms with Crippen LogP contribution in [0.25, 0.3) is 0 Å². The van der Waals surface area contributed by atoms with Crippen LogP contribution in [-0.2, 0) is 19.1 Å². The Bertz CT molecular complexity index is 557. The van der Waals surface area contributed by atoms with Crippen molar-refractivity contribution in [2.24, 2.45) is 5.92 Å². The van der Waals surface area contributed by atoms with Crippen LogP contribution in [0.1, 0.15) is 65.2 Å². The lowest BCUT2D eigenvalue weighted by Gasteiger charge is -2.31. The maximum Gasteiger partial charge on any atom is 0.220 e. The van der Waals surface area contributed by atoms with Gasteiger partial charge in [0.15, 0.2) is 5.78 Å². The summed E-state index contributed by atoms with van der Waals surface area (Å²) in [5.74, 6) is -0.837. The normalized spacial score (nSPS) is 21.8. The van der Waals surface area contributed by atoms with Crippen LogP contribution >= 0.6 is 0 Å². The number of rotatable bonds is 14. The molecule has 1 aliphatic carbocycles. The van der Waals surface area contributed by atoms with Gasteiger partial charge in [0, 0.05) is 27.2 Å². The van der Waals surface area contributed by atoms with E-state index in [-0.39, 0.29) is 24.3 Å². The van der Waals surface area contributed by atoms with Gasteiger partial charge in [0.2, 0.25) is 5.91 Å². The summed E-state index contributed by atoms with van der Waals surface area (Å²) in [6.07, 6.45) is 11.8. The summed E-state index contributed by atoms with van der Waals surface area (Å²) in [7, 11) is 3.25. The Kier molecular flexibility index (Phi) is 12.7. The van der Waals surface area contributed by atoms with Gasteiger partial charge in [0.25, 0.3) is 0 Å². The maximum absolute atomic E-state index is 12.3. The van der Waals surface area contributed by atoms with Crippen molar-refractivity contribution < 1.29 is 24.2 Å². The molecule has 0 aliphatic heterocycles. The first-order valence-electron chi connectivity index (χ1n) is 10.8. The molecule has 2 N–H and O–H groups in total. The quantitative estimate of drug-likeness (QED) is 0.340. The Balaban J connectivity index is 2.33. The molecule has 0 spiro atoms. The monoisotopic (exact) mass is 409 g/mol. The fraction of sp³-hybridized carbons (Fsp3) is 0.739. The zero-order chi connectivity index (χ0) is 21.6. The molecule has 0 aromatic rings. The predicted molar refractivity (Wildman–Crippen MR) is 115 cm³/mol. The average Bonchev–Trinajstić information content (AvgIpc) is 2.71. The maximum atomic E-state index is 12.3. The molecule has 1 amide bonds. The molecule has 4 atom stereocenters. The van der Waals surface area contributed by atoms with Crippen molar-refractivity contribution in [2.75, 3.05) is 20.8 Å². The zero-order valence-corrected chi connectivity index (χ0v) is 18.5. The van der Waals surface area contributed by atoms with Crippen LogP contribution in [0.15, 0.2) is 23.8 Å². The topological polar surface area (TPSA) is 84.9 Å². The van der Waals surface area contributed by atoms with Crippen LogP contribution in [0.3, 0.4) is 0 Å². The van der Waals surface area contributed by atoms with Crippen molar-refractivity contribution in [3.8, 4) is 0 Å². The second-order valence-electron chi connectivity index (χ2n) is 7.76. The number of methoxy groups -OCH3 is 2. The first-order valence-corrected chi connectivity index (χ1v) is 10.8. The van der Waals surface area contributed by atoms with E-state index in [1.54, 1.807) is 20.1 Å². The lowest BCUT2D eigenvalue weighted by Crippen LogP contribution is -2.47. The van der Waals surface area contributed by atoms with E-state index in [0.717, 1.165) is 12.8 Å². The number of unbranched alkanes of at least 4 members (excludes halogenated alkanes) is 2. The van der Waals surface area contributed by atoms with Crippen molar-refractivity contribution in [3.63, 3.8) is 0 Å². The highest BCUT2D eigenvalue weighted by Gasteiger charge is 2.37. The van der Waals surface area contributed by atoms with Gasteiger partial charge in [-0.25, -0.2) is 0 Å². The zero-order valence-electron chi connectivity index (χ0n) is 18.5. The number of nitrogens with one attached hydrogen (secondary N) is 1. The van der Waals surface area contributed by atoms with Gasteiger partial charge in [-0.1, -0.05) is 44.4 Å². The van der Waals surface area contributed by atoms with Crippen LogP contribution in [-0.4, -0.2) is 55.9 Å². The largest absolute Gasteiger partial charge is 0.392 e. The standard InChI is InChI=1S/C23H39NO5/c1-5-6-8-11-18(28-3)12-9-7-10-13-21(26)24-16-20(29-4)22-19(25)15-14-17(2)23(22)27/h7,9,14,18-20,22,25H,5-6,8,10-13,15-16H2,1-4H3,(H,24,26)/b9-7-/t18-,19+,20+,22-/m0/s1. The van der Waals surface area contributed by atoms with Crippen molar-refractivity contribution in [1.82, 2.24) is 5.32 Å². The highest BCUT2D eigenvalue weighted by atomic mass is 16.5. The minimum Gasteiger partial charge on any atom is -0.392 e. The molecule has 1 aliphatic rings. The second kappa shape index (κ2) is 14.5. The summed E-state index contributed by atoms with van der Waals surface area (Å²) < 4.78 is 10.9. The molecule has 0 heterocycles. The molecule has 0 unspecified atom stereocenters. The first-order chi connectivity index (χ1) is 13.9. The number of allylic oxidation sites excluding steroid dienone is 2. The predicted octanol–water partition coefficient (Wildman–Crippen LogP) is 3.34. The van der Waals surface area contributed by atoms with Crippen molar-refractivity contribution >= 4 is 11.7 Å². The summed E-state index contributed by atoms with van der Waals surface area (Å²) in [4.78, 5) is 24.5. The van der Waals surface area contributed by atoms with Crippen LogP contribution in [0.5, 0.6) is 0 Å². The molecule has 1 rings (SSSR count). The molecule has 0 bridgehead atoms. The number of aliphatic hydroxyl groups excluding tert-OH is 1. The number of carbonyl (C=O) groups excluding carboxylic acids is 2. The number of hydrogen-bond donors (Lipinski definition) is 2. The third-order valence-corrected chi connectivity index (χ3v) is 5.54. The van der Waals surface area contributed by atoms with E-state index in [4.69, 9.17) is 9.47 Å². The molecule has 6 nitrogen and oxygen atoms in total. The fourth-order valence-electron chi connectivity index (χ4n) is 3.59. The summed E-state index contributed by atoms with van der Waals surface area (Å²) in [6, 6.07) is 0. The Labute approximate surface area is 175 Å². The van der Waals surface area contributed by atoms with Gasteiger partial charge in [-0.15, -0.1) is 0 Å². The number of Topliss-reactive ketones (excluding diaryl/α,β-unsaturated/α-hetero) is 1. The molecule has 0 saturated carbocycles. The Morgan fingerprint density at radius 1 is 1.31 bits per heavy atom. The highest BCUT2D eigenvalue weighted by Crippen LogP contribution is 2.25. The number of hydrogen-bond acceptors (Lipinski definition) is 5. The molecule has 166 valence electrons. The number of ketones is 1. The Hall–Kier alpha value is -1.50. The minimum atomic E-state index is -0.776. The molecule has 0 saturated heterocycles. The van der Waals surface area contributed by atoms with Crippen LogP contribution in [0, 0.1) is 5.92 Å². The molecule has 0 aromatic heterocycles. The summed E-state index contributed by atoms with van der Waals surface area (Å²) >= 11 is 0. The molecular weight excluding hydrogens is 370 g/mol. The van der Waals surface area contributed by atoms with E-state index in [2.05, 4.69) is 18.3 Å². The van der Waals surface area contributed by atoms with Gasteiger partial charge >= 0.3 is 0 Å². The number of carbonyl (C=O) groups is 2. The summed E-state index contributed by atoms with van der Waals surface area (Å²) in [5.41, 5.74) is 0.642. The van der Waals surface area contributed by atoms with Crippen molar-refractivity contribution in [2.45, 2.75) is 83.5 Å². The lowest BCUT2D eigenvalue weighted by atomic mass is 9.82. The van der Waals surface area contributed by atoms with E-state index >= 15 is 0 Å². The van der Waals surface area contributed by atoms with Gasteiger partial charge in [-0.05, 0) is 38.2 Å². The smallest absolute Gasteiger partial charge is 0.220 e. The molecular formula is C23H39NO5. The lowest BCUT2D eigenvalue weighted by molar-refractivity contribution is -0.132. The minimum absolute atomic E-state index is 0.0899. The van der Waals surface area contributed by atoms with E-state index in [9.17, 15) is 14.7 Å². The Morgan fingerprint density at radius 2 is 2.07 bits per heavy atom. The molecule has 29 heavy (non-hydrogen) atoms. The van der Waals surface area contributed by atoms with Gasteiger partial charge in [-0.2, -0.15) is 0 Å². The van der Waals surface area contributed by atoms with Crippen LogP contribution in [0.4, 0.5) is 0 Å². The second-order valence-corrected chi connectivity index (χ2v) is 7.76. The van der Waals surface area contributed by atoms with Gasteiger partial charge in [0.05, 0.1) is 24.2 Å². The van der Waals surface area contributed by atoms with Crippen molar-refractivity contribution in [1.29, 1.82) is 0 Å².